The maximum atomic E-state index is 11.8. The molecule has 0 atom stereocenters. The lowest BCUT2D eigenvalue weighted by Crippen LogP contribution is -2.46. The standard InChI is InChI=1S/C19H35N3O4/c1-4-25-17(23)10-8-6-7-9-13-21-19(20-3)22-14-11-16(12-15-22)18(24)26-5-2/h16H,4-15H2,1-3H3,(H,20,21). The van der Waals surface area contributed by atoms with Gasteiger partial charge in [-0.25, -0.2) is 0 Å². The number of piperidine rings is 1. The summed E-state index contributed by atoms with van der Waals surface area (Å²) in [6.07, 6.45) is 6.17. The van der Waals surface area contributed by atoms with Crippen molar-refractivity contribution in [1.29, 1.82) is 0 Å². The normalized spacial score (nSPS) is 15.7. The van der Waals surface area contributed by atoms with Gasteiger partial charge in [-0.05, 0) is 39.5 Å². The van der Waals surface area contributed by atoms with Crippen LogP contribution < -0.4 is 5.32 Å². The Morgan fingerprint density at radius 1 is 1.04 bits per heavy atom. The van der Waals surface area contributed by atoms with Crippen molar-refractivity contribution in [3.05, 3.63) is 0 Å². The van der Waals surface area contributed by atoms with Crippen LogP contribution in [0, 0.1) is 5.92 Å². The zero-order chi connectivity index (χ0) is 19.2. The second-order valence-electron chi connectivity index (χ2n) is 6.46. The van der Waals surface area contributed by atoms with Gasteiger partial charge >= 0.3 is 11.9 Å². The first kappa shape index (κ1) is 22.3. The number of carbonyl (C=O) groups is 2. The predicted molar refractivity (Wildman–Crippen MR) is 102 cm³/mol. The topological polar surface area (TPSA) is 80.2 Å². The minimum Gasteiger partial charge on any atom is -0.466 e. The molecule has 1 heterocycles. The van der Waals surface area contributed by atoms with Gasteiger partial charge < -0.3 is 19.7 Å². The number of rotatable bonds is 10. The van der Waals surface area contributed by atoms with Gasteiger partial charge in [0.25, 0.3) is 0 Å². The predicted octanol–water partition coefficient (Wildman–Crippen LogP) is 2.35. The highest BCUT2D eigenvalue weighted by atomic mass is 16.5. The van der Waals surface area contributed by atoms with Crippen LogP contribution in [-0.4, -0.2) is 62.7 Å². The summed E-state index contributed by atoms with van der Waals surface area (Å²) in [6, 6.07) is 0. The van der Waals surface area contributed by atoms with E-state index in [4.69, 9.17) is 9.47 Å². The molecule has 1 fully saturated rings. The van der Waals surface area contributed by atoms with Crippen LogP contribution in [0.5, 0.6) is 0 Å². The molecule has 0 aromatic heterocycles. The number of hydrogen-bond acceptors (Lipinski definition) is 5. The molecular weight excluding hydrogens is 334 g/mol. The number of nitrogens with zero attached hydrogens (tertiary/aromatic N) is 2. The summed E-state index contributed by atoms with van der Waals surface area (Å²) in [4.78, 5) is 29.6. The highest BCUT2D eigenvalue weighted by Crippen LogP contribution is 2.18. The lowest BCUT2D eigenvalue weighted by atomic mass is 9.97. The molecule has 0 saturated carbocycles. The van der Waals surface area contributed by atoms with Crippen LogP contribution in [0.4, 0.5) is 0 Å². The van der Waals surface area contributed by atoms with Crippen molar-refractivity contribution in [2.45, 2.75) is 58.8 Å². The van der Waals surface area contributed by atoms with Gasteiger partial charge in [0.05, 0.1) is 19.1 Å². The molecule has 0 spiro atoms. The maximum absolute atomic E-state index is 11.8. The van der Waals surface area contributed by atoms with E-state index in [2.05, 4.69) is 15.2 Å². The van der Waals surface area contributed by atoms with Crippen LogP contribution in [0.15, 0.2) is 4.99 Å². The average molecular weight is 370 g/mol. The molecular formula is C19H35N3O4. The summed E-state index contributed by atoms with van der Waals surface area (Å²) >= 11 is 0. The van der Waals surface area contributed by atoms with E-state index in [1.807, 2.05) is 13.8 Å². The van der Waals surface area contributed by atoms with Crippen LogP contribution >= 0.6 is 0 Å². The fraction of sp³-hybridized carbons (Fsp3) is 0.842. The van der Waals surface area contributed by atoms with E-state index in [9.17, 15) is 9.59 Å². The van der Waals surface area contributed by atoms with Gasteiger partial charge in [0.2, 0.25) is 0 Å². The van der Waals surface area contributed by atoms with Gasteiger partial charge in [0.15, 0.2) is 5.96 Å². The fourth-order valence-corrected chi connectivity index (χ4v) is 3.10. The van der Waals surface area contributed by atoms with Gasteiger partial charge in [-0.15, -0.1) is 0 Å². The summed E-state index contributed by atoms with van der Waals surface area (Å²) in [5.74, 6) is 0.748. The third-order valence-corrected chi connectivity index (χ3v) is 4.52. The quantitative estimate of drug-likeness (QED) is 0.276. The number of likely N-dealkylation sites (tertiary alicyclic amines) is 1. The Morgan fingerprint density at radius 2 is 1.69 bits per heavy atom. The summed E-state index contributed by atoms with van der Waals surface area (Å²) in [5, 5.41) is 3.40. The van der Waals surface area contributed by atoms with Crippen LogP contribution in [0.1, 0.15) is 58.8 Å². The molecule has 1 saturated heterocycles. The first-order chi connectivity index (χ1) is 12.6. The molecule has 150 valence electrons. The smallest absolute Gasteiger partial charge is 0.309 e. The van der Waals surface area contributed by atoms with Gasteiger partial charge in [-0.1, -0.05) is 12.8 Å². The molecule has 1 aliphatic heterocycles. The molecule has 1 rings (SSSR count). The minimum absolute atomic E-state index is 0.0173. The molecule has 1 N–H and O–H groups in total. The van der Waals surface area contributed by atoms with Crippen molar-refractivity contribution >= 4 is 17.9 Å². The molecule has 0 radical (unpaired) electrons. The highest BCUT2D eigenvalue weighted by molar-refractivity contribution is 5.80. The average Bonchev–Trinajstić information content (AvgIpc) is 2.64. The van der Waals surface area contributed by atoms with Crippen molar-refractivity contribution in [2.75, 3.05) is 39.9 Å². The van der Waals surface area contributed by atoms with Gasteiger partial charge in [0.1, 0.15) is 0 Å². The number of aliphatic imine (C=N–C) groups is 1. The molecule has 1 aliphatic rings. The Morgan fingerprint density at radius 3 is 2.31 bits per heavy atom. The van der Waals surface area contributed by atoms with Crippen LogP contribution in [0.3, 0.4) is 0 Å². The summed E-state index contributed by atoms with van der Waals surface area (Å²) in [6.45, 7) is 7.08. The van der Waals surface area contributed by atoms with E-state index in [-0.39, 0.29) is 17.9 Å². The Balaban J connectivity index is 2.14. The van der Waals surface area contributed by atoms with Crippen molar-refractivity contribution in [3.8, 4) is 0 Å². The Kier molecular flexibility index (Phi) is 11.5. The second kappa shape index (κ2) is 13.4. The Labute approximate surface area is 157 Å². The van der Waals surface area contributed by atoms with E-state index in [0.29, 0.717) is 19.6 Å². The largest absolute Gasteiger partial charge is 0.466 e. The fourth-order valence-electron chi connectivity index (χ4n) is 3.10. The second-order valence-corrected chi connectivity index (χ2v) is 6.46. The van der Waals surface area contributed by atoms with Crippen LogP contribution in [-0.2, 0) is 19.1 Å². The van der Waals surface area contributed by atoms with Crippen molar-refractivity contribution < 1.29 is 19.1 Å². The van der Waals surface area contributed by atoms with E-state index in [0.717, 1.165) is 64.1 Å². The minimum atomic E-state index is -0.0998. The van der Waals surface area contributed by atoms with E-state index in [1.165, 1.54) is 0 Å². The lowest BCUT2D eigenvalue weighted by molar-refractivity contribution is -0.149. The molecule has 7 heteroatoms. The van der Waals surface area contributed by atoms with Crippen molar-refractivity contribution in [2.24, 2.45) is 10.9 Å². The molecule has 0 unspecified atom stereocenters. The van der Waals surface area contributed by atoms with E-state index < -0.39 is 0 Å². The third-order valence-electron chi connectivity index (χ3n) is 4.52. The maximum Gasteiger partial charge on any atom is 0.309 e. The number of hydrogen-bond donors (Lipinski definition) is 1. The van der Waals surface area contributed by atoms with Crippen molar-refractivity contribution in [1.82, 2.24) is 10.2 Å². The molecule has 0 amide bonds. The van der Waals surface area contributed by atoms with Gasteiger partial charge in [0, 0.05) is 33.1 Å². The Bertz CT molecular complexity index is 446. The number of carbonyl (C=O) groups excluding carboxylic acids is 2. The number of esters is 2. The highest BCUT2D eigenvalue weighted by Gasteiger charge is 2.27. The monoisotopic (exact) mass is 369 g/mol. The molecule has 7 nitrogen and oxygen atoms in total. The molecule has 0 aromatic carbocycles. The van der Waals surface area contributed by atoms with E-state index in [1.54, 1.807) is 7.05 Å². The number of guanidine groups is 1. The summed E-state index contributed by atoms with van der Waals surface area (Å²) in [7, 11) is 1.79. The zero-order valence-corrected chi connectivity index (χ0v) is 16.6. The van der Waals surface area contributed by atoms with E-state index >= 15 is 0 Å². The SMILES string of the molecule is CCOC(=O)CCCCCCNC(=NC)N1CCC(C(=O)OCC)CC1. The molecule has 0 aromatic rings. The number of unbranched alkanes of at least 4 members (excludes halogenated alkanes) is 3. The van der Waals surface area contributed by atoms with Gasteiger partial charge in [-0.3, -0.25) is 14.6 Å². The van der Waals surface area contributed by atoms with Crippen molar-refractivity contribution in [3.63, 3.8) is 0 Å². The Hall–Kier alpha value is -1.79. The lowest BCUT2D eigenvalue weighted by Gasteiger charge is -2.33. The third kappa shape index (κ3) is 8.54. The summed E-state index contributed by atoms with van der Waals surface area (Å²) < 4.78 is 10.0. The molecule has 0 aliphatic carbocycles. The number of nitrogens with one attached hydrogen (secondary N) is 1. The molecule has 26 heavy (non-hydrogen) atoms. The molecule has 0 bridgehead atoms. The summed E-state index contributed by atoms with van der Waals surface area (Å²) in [5.41, 5.74) is 0. The van der Waals surface area contributed by atoms with Crippen LogP contribution in [0.2, 0.25) is 0 Å². The first-order valence-electron chi connectivity index (χ1n) is 9.90. The van der Waals surface area contributed by atoms with Gasteiger partial charge in [-0.2, -0.15) is 0 Å². The number of ether oxygens (including phenoxy) is 2. The zero-order valence-electron chi connectivity index (χ0n) is 16.6. The van der Waals surface area contributed by atoms with Crippen LogP contribution in [0.25, 0.3) is 0 Å². The first-order valence-corrected chi connectivity index (χ1v) is 9.90.